The van der Waals surface area contributed by atoms with Crippen LogP contribution in [0.25, 0.3) is 0 Å². The van der Waals surface area contributed by atoms with E-state index in [1.807, 2.05) is 13.8 Å². The number of carbonyl (C=O) groups is 1. The second-order valence-corrected chi connectivity index (χ2v) is 5.93. The Morgan fingerprint density at radius 1 is 1.33 bits per heavy atom. The van der Waals surface area contributed by atoms with Crippen LogP contribution in [0.4, 0.5) is 19.3 Å². The quantitative estimate of drug-likeness (QED) is 0.788. The summed E-state index contributed by atoms with van der Waals surface area (Å²) in [4.78, 5) is 14.0. The topological polar surface area (TPSA) is 52.6 Å². The van der Waals surface area contributed by atoms with Crippen molar-refractivity contribution < 1.29 is 18.7 Å². The lowest BCUT2D eigenvalue weighted by atomic mass is 10.3. The number of anilines is 1. The summed E-state index contributed by atoms with van der Waals surface area (Å²) in [5.74, 6) is -2.55. The molecule has 7 heteroatoms. The van der Waals surface area contributed by atoms with E-state index in [4.69, 9.17) is 0 Å². The van der Waals surface area contributed by atoms with Gasteiger partial charge in [-0.15, -0.1) is 0 Å². The van der Waals surface area contributed by atoms with Crippen molar-refractivity contribution in [3.63, 3.8) is 0 Å². The van der Waals surface area contributed by atoms with Crippen LogP contribution in [0.3, 0.4) is 0 Å². The van der Waals surface area contributed by atoms with Crippen LogP contribution in [-0.4, -0.2) is 40.5 Å². The molecule has 2 N–H and O–H groups in total. The maximum atomic E-state index is 12.5. The van der Waals surface area contributed by atoms with E-state index in [0.29, 0.717) is 22.3 Å². The molecule has 0 saturated carbocycles. The summed E-state index contributed by atoms with van der Waals surface area (Å²) in [6.45, 7) is 5.40. The average molecular weight is 318 g/mol. The molecule has 0 bridgehead atoms. The van der Waals surface area contributed by atoms with Gasteiger partial charge >= 0.3 is 6.03 Å². The fourth-order valence-electron chi connectivity index (χ4n) is 1.77. The van der Waals surface area contributed by atoms with Gasteiger partial charge in [0.1, 0.15) is 0 Å². The minimum absolute atomic E-state index is 0.116. The minimum atomic E-state index is -2.55. The van der Waals surface area contributed by atoms with Crippen molar-refractivity contribution in [1.82, 2.24) is 4.90 Å². The van der Waals surface area contributed by atoms with Crippen molar-refractivity contribution >= 4 is 23.5 Å². The van der Waals surface area contributed by atoms with Gasteiger partial charge in [0.25, 0.3) is 5.76 Å². The smallest absolute Gasteiger partial charge is 0.322 e. The fraction of sp³-hybridized carbons (Fsp3) is 0.500. The van der Waals surface area contributed by atoms with Crippen molar-refractivity contribution in [1.29, 1.82) is 0 Å². The number of nitrogens with zero attached hydrogens (tertiary/aromatic N) is 1. The molecule has 4 nitrogen and oxygen atoms in total. The van der Waals surface area contributed by atoms with Gasteiger partial charge in [0.05, 0.1) is 11.8 Å². The average Bonchev–Trinajstić information content (AvgIpc) is 2.37. The zero-order valence-electron chi connectivity index (χ0n) is 12.2. The van der Waals surface area contributed by atoms with Crippen LogP contribution < -0.4 is 5.32 Å². The molecule has 0 aromatic heterocycles. The van der Waals surface area contributed by atoms with E-state index in [1.165, 1.54) is 11.0 Å². The van der Waals surface area contributed by atoms with Gasteiger partial charge in [0.2, 0.25) is 0 Å². The predicted octanol–water partition coefficient (Wildman–Crippen LogP) is 3.62. The number of amides is 2. The van der Waals surface area contributed by atoms with Gasteiger partial charge < -0.3 is 15.3 Å². The van der Waals surface area contributed by atoms with Gasteiger partial charge in [-0.1, -0.05) is 23.9 Å². The van der Waals surface area contributed by atoms with Gasteiger partial charge in [-0.3, -0.25) is 0 Å². The third-order valence-corrected chi connectivity index (χ3v) is 3.48. The number of thioether (sulfide) groups is 1. The SMILES string of the molecule is CC(O)CN(C(=O)Nc1ccccc1SC(F)F)C(C)C. The molecule has 21 heavy (non-hydrogen) atoms. The first kappa shape index (κ1) is 17.7. The van der Waals surface area contributed by atoms with E-state index >= 15 is 0 Å². The van der Waals surface area contributed by atoms with Crippen LogP contribution in [0, 0.1) is 0 Å². The van der Waals surface area contributed by atoms with Crippen molar-refractivity contribution in [3.8, 4) is 0 Å². The predicted molar refractivity (Wildman–Crippen MR) is 80.8 cm³/mol. The highest BCUT2D eigenvalue weighted by molar-refractivity contribution is 7.99. The van der Waals surface area contributed by atoms with Gasteiger partial charge in [-0.05, 0) is 32.9 Å². The Kier molecular flexibility index (Phi) is 6.91. The number of rotatable bonds is 6. The third kappa shape index (κ3) is 5.89. The lowest BCUT2D eigenvalue weighted by Gasteiger charge is -2.28. The summed E-state index contributed by atoms with van der Waals surface area (Å²) in [7, 11) is 0. The summed E-state index contributed by atoms with van der Waals surface area (Å²) in [6, 6.07) is 5.86. The monoisotopic (exact) mass is 318 g/mol. The normalized spacial score (nSPS) is 12.6. The molecular weight excluding hydrogens is 298 g/mol. The molecular formula is C14H20F2N2O2S. The maximum Gasteiger partial charge on any atom is 0.322 e. The lowest BCUT2D eigenvalue weighted by molar-refractivity contribution is 0.125. The molecule has 0 aliphatic rings. The molecule has 0 spiro atoms. The summed E-state index contributed by atoms with van der Waals surface area (Å²) in [5.41, 5.74) is 0.337. The molecule has 2 amide bonds. The van der Waals surface area contributed by atoms with Crippen LogP contribution in [0.5, 0.6) is 0 Å². The van der Waals surface area contributed by atoms with E-state index in [-0.39, 0.29) is 12.6 Å². The molecule has 0 aliphatic heterocycles. The van der Waals surface area contributed by atoms with E-state index in [9.17, 15) is 18.7 Å². The highest BCUT2D eigenvalue weighted by Gasteiger charge is 2.20. The molecule has 1 aromatic rings. The Hall–Kier alpha value is -1.34. The highest BCUT2D eigenvalue weighted by atomic mass is 32.2. The maximum absolute atomic E-state index is 12.5. The molecule has 0 fully saturated rings. The Bertz CT molecular complexity index is 470. The Labute approximate surface area is 127 Å². The largest absolute Gasteiger partial charge is 0.392 e. The molecule has 0 heterocycles. The standard InChI is InChI=1S/C14H20F2N2O2S/c1-9(2)18(8-10(3)19)14(20)17-11-6-4-5-7-12(11)21-13(15)16/h4-7,9-10,13,19H,8H2,1-3H3,(H,17,20). The number of aliphatic hydroxyl groups is 1. The number of nitrogens with one attached hydrogen (secondary N) is 1. The second-order valence-electron chi connectivity index (χ2n) is 4.90. The molecule has 0 aliphatic carbocycles. The number of carbonyl (C=O) groups excluding carboxylic acids is 1. The number of halogens is 2. The number of benzene rings is 1. The lowest BCUT2D eigenvalue weighted by Crippen LogP contribution is -2.43. The van der Waals surface area contributed by atoms with E-state index in [1.54, 1.807) is 25.1 Å². The van der Waals surface area contributed by atoms with Crippen molar-refractivity contribution in [2.24, 2.45) is 0 Å². The molecule has 0 saturated heterocycles. The summed E-state index contributed by atoms with van der Waals surface area (Å²) >= 11 is 0.385. The van der Waals surface area contributed by atoms with Crippen LogP contribution in [0.1, 0.15) is 20.8 Å². The van der Waals surface area contributed by atoms with E-state index in [0.717, 1.165) is 0 Å². The Morgan fingerprint density at radius 3 is 2.48 bits per heavy atom. The molecule has 1 rings (SSSR count). The molecule has 0 radical (unpaired) electrons. The van der Waals surface area contributed by atoms with Crippen LogP contribution in [-0.2, 0) is 0 Å². The second kappa shape index (κ2) is 8.19. The van der Waals surface area contributed by atoms with Crippen LogP contribution >= 0.6 is 11.8 Å². The molecule has 118 valence electrons. The first-order chi connectivity index (χ1) is 9.81. The van der Waals surface area contributed by atoms with Crippen LogP contribution in [0.15, 0.2) is 29.2 Å². The van der Waals surface area contributed by atoms with E-state index < -0.39 is 17.9 Å². The van der Waals surface area contributed by atoms with Gasteiger partial charge in [-0.2, -0.15) is 8.78 Å². The number of alkyl halides is 2. The van der Waals surface area contributed by atoms with Gasteiger partial charge in [0, 0.05) is 17.5 Å². The first-order valence-electron chi connectivity index (χ1n) is 6.60. The summed E-state index contributed by atoms with van der Waals surface area (Å²) in [5, 5.41) is 12.1. The first-order valence-corrected chi connectivity index (χ1v) is 7.48. The van der Waals surface area contributed by atoms with Gasteiger partial charge in [-0.25, -0.2) is 4.79 Å². The summed E-state index contributed by atoms with van der Waals surface area (Å²) < 4.78 is 25.0. The highest BCUT2D eigenvalue weighted by Crippen LogP contribution is 2.31. The zero-order valence-corrected chi connectivity index (χ0v) is 13.0. The van der Waals surface area contributed by atoms with E-state index in [2.05, 4.69) is 5.32 Å². The molecule has 1 unspecified atom stereocenters. The van der Waals surface area contributed by atoms with Crippen molar-refractivity contribution in [2.75, 3.05) is 11.9 Å². The van der Waals surface area contributed by atoms with Crippen LogP contribution in [0.2, 0.25) is 0 Å². The van der Waals surface area contributed by atoms with Gasteiger partial charge in [0.15, 0.2) is 0 Å². The molecule has 1 aromatic carbocycles. The Morgan fingerprint density at radius 2 is 1.95 bits per heavy atom. The minimum Gasteiger partial charge on any atom is -0.392 e. The Balaban J connectivity index is 2.86. The number of para-hydroxylation sites is 1. The summed E-state index contributed by atoms with van der Waals surface area (Å²) in [6.07, 6.45) is -0.663. The zero-order chi connectivity index (χ0) is 16.0. The number of hydrogen-bond donors (Lipinski definition) is 2. The third-order valence-electron chi connectivity index (χ3n) is 2.69. The van der Waals surface area contributed by atoms with Crippen molar-refractivity contribution in [3.05, 3.63) is 24.3 Å². The van der Waals surface area contributed by atoms with Crippen molar-refractivity contribution in [2.45, 2.75) is 43.6 Å². The number of aliphatic hydroxyl groups excluding tert-OH is 1. The number of hydrogen-bond acceptors (Lipinski definition) is 3. The fourth-order valence-corrected chi connectivity index (χ4v) is 2.36. The molecule has 1 atom stereocenters. The number of urea groups is 1.